The molecule has 0 aliphatic carbocycles. The highest BCUT2D eigenvalue weighted by Crippen LogP contribution is 2.31. The Hall–Kier alpha value is -1.95. The second-order valence-corrected chi connectivity index (χ2v) is 5.11. The molecule has 3 rings (SSSR count). The average molecular weight is 262 g/mol. The minimum Gasteiger partial charge on any atom is -0.461 e. The Morgan fingerprint density at radius 2 is 2.11 bits per heavy atom. The van der Waals surface area contributed by atoms with Crippen molar-refractivity contribution < 1.29 is 14.5 Å². The van der Waals surface area contributed by atoms with Crippen LogP contribution in [-0.2, 0) is 22.6 Å². The van der Waals surface area contributed by atoms with Crippen LogP contribution in [0.4, 0.5) is 5.69 Å². The molecule has 1 aromatic rings. The van der Waals surface area contributed by atoms with Crippen molar-refractivity contribution in [1.82, 2.24) is 4.90 Å². The molecule has 0 spiro atoms. The highest BCUT2D eigenvalue weighted by Gasteiger charge is 2.38. The van der Waals surface area contributed by atoms with Gasteiger partial charge in [-0.15, -0.1) is 0 Å². The number of ether oxygens (including phenoxy) is 1. The van der Waals surface area contributed by atoms with Crippen LogP contribution in [0.25, 0.3) is 0 Å². The molecule has 1 fully saturated rings. The van der Waals surface area contributed by atoms with E-state index in [1.165, 1.54) is 6.07 Å². The van der Waals surface area contributed by atoms with Gasteiger partial charge < -0.3 is 4.74 Å². The lowest BCUT2D eigenvalue weighted by Crippen LogP contribution is -2.34. The fourth-order valence-electron chi connectivity index (χ4n) is 2.77. The van der Waals surface area contributed by atoms with Crippen LogP contribution < -0.4 is 0 Å². The van der Waals surface area contributed by atoms with E-state index >= 15 is 0 Å². The maximum atomic E-state index is 11.7. The maximum Gasteiger partial charge on any atom is 0.323 e. The number of nitro benzene ring substituents is 1. The van der Waals surface area contributed by atoms with Crippen molar-refractivity contribution in [2.24, 2.45) is 0 Å². The first-order valence-electron chi connectivity index (χ1n) is 6.25. The first-order valence-corrected chi connectivity index (χ1v) is 6.25. The van der Waals surface area contributed by atoms with Gasteiger partial charge in [0.2, 0.25) is 0 Å². The summed E-state index contributed by atoms with van der Waals surface area (Å²) in [6.45, 7) is 3.11. The van der Waals surface area contributed by atoms with E-state index in [0.29, 0.717) is 19.5 Å². The number of hydrogen-bond acceptors (Lipinski definition) is 5. The Balaban J connectivity index is 1.81. The number of nitrogens with zero attached hydrogens (tertiary/aromatic N) is 2. The average Bonchev–Trinajstić information content (AvgIpc) is 2.90. The van der Waals surface area contributed by atoms with Crippen LogP contribution in [0, 0.1) is 10.1 Å². The van der Waals surface area contributed by atoms with Gasteiger partial charge in [-0.3, -0.25) is 19.8 Å². The van der Waals surface area contributed by atoms with Crippen molar-refractivity contribution in [1.29, 1.82) is 0 Å². The van der Waals surface area contributed by atoms with Gasteiger partial charge in [-0.1, -0.05) is 6.07 Å². The molecule has 6 heteroatoms. The molecule has 6 nitrogen and oxygen atoms in total. The monoisotopic (exact) mass is 262 g/mol. The van der Waals surface area contributed by atoms with Crippen LogP contribution in [0.2, 0.25) is 0 Å². The molecule has 0 N–H and O–H groups in total. The van der Waals surface area contributed by atoms with E-state index in [2.05, 4.69) is 0 Å². The van der Waals surface area contributed by atoms with Crippen molar-refractivity contribution >= 4 is 11.7 Å². The van der Waals surface area contributed by atoms with Crippen molar-refractivity contribution in [2.45, 2.75) is 38.6 Å². The molecule has 2 aliphatic heterocycles. The Labute approximate surface area is 110 Å². The van der Waals surface area contributed by atoms with Crippen LogP contribution in [0.1, 0.15) is 24.5 Å². The minimum absolute atomic E-state index is 0.0458. The minimum atomic E-state index is -0.394. The van der Waals surface area contributed by atoms with Gasteiger partial charge >= 0.3 is 5.97 Å². The molecule has 2 heterocycles. The number of carbonyl (C=O) groups is 1. The van der Waals surface area contributed by atoms with Gasteiger partial charge in [0.25, 0.3) is 5.69 Å². The van der Waals surface area contributed by atoms with E-state index in [1.807, 2.05) is 11.8 Å². The molecule has 2 aliphatic rings. The maximum absolute atomic E-state index is 11.7. The lowest BCUT2D eigenvalue weighted by Gasteiger charge is -2.19. The Morgan fingerprint density at radius 3 is 2.74 bits per heavy atom. The number of carbonyl (C=O) groups excluding carboxylic acids is 1. The number of esters is 1. The van der Waals surface area contributed by atoms with Gasteiger partial charge in [-0.05, 0) is 18.1 Å². The lowest BCUT2D eigenvalue weighted by molar-refractivity contribution is -0.384. The highest BCUT2D eigenvalue weighted by molar-refractivity contribution is 5.78. The summed E-state index contributed by atoms with van der Waals surface area (Å²) in [4.78, 5) is 24.1. The highest BCUT2D eigenvalue weighted by atomic mass is 16.6. The number of fused-ring (bicyclic) bond motifs is 1. The van der Waals surface area contributed by atoms with Gasteiger partial charge in [0.05, 0.1) is 4.92 Å². The molecule has 0 radical (unpaired) electrons. The van der Waals surface area contributed by atoms with Crippen LogP contribution in [0.15, 0.2) is 18.2 Å². The third-order valence-corrected chi connectivity index (χ3v) is 3.73. The van der Waals surface area contributed by atoms with Gasteiger partial charge in [-0.25, -0.2) is 0 Å². The quantitative estimate of drug-likeness (QED) is 0.460. The molecule has 0 unspecified atom stereocenters. The summed E-state index contributed by atoms with van der Waals surface area (Å²) in [5.41, 5.74) is 2.09. The number of cyclic esters (lactones) is 1. The number of hydrogen-bond donors (Lipinski definition) is 0. The zero-order chi connectivity index (χ0) is 13.6. The summed E-state index contributed by atoms with van der Waals surface area (Å²) in [7, 11) is 0. The summed E-state index contributed by atoms with van der Waals surface area (Å²) in [6.07, 6.45) is 0.644. The zero-order valence-corrected chi connectivity index (χ0v) is 10.5. The molecule has 0 bridgehead atoms. The number of non-ortho nitro benzene ring substituents is 1. The topological polar surface area (TPSA) is 72.7 Å². The normalized spacial score (nSPS) is 26.3. The van der Waals surface area contributed by atoms with Gasteiger partial charge in [0.15, 0.2) is 0 Å². The summed E-state index contributed by atoms with van der Waals surface area (Å²) in [5, 5.41) is 10.8. The smallest absolute Gasteiger partial charge is 0.323 e. The van der Waals surface area contributed by atoms with Crippen LogP contribution in [-0.4, -0.2) is 27.9 Å². The van der Waals surface area contributed by atoms with Crippen LogP contribution >= 0.6 is 0 Å². The van der Waals surface area contributed by atoms with Crippen molar-refractivity contribution in [2.75, 3.05) is 0 Å². The van der Waals surface area contributed by atoms with E-state index in [1.54, 1.807) is 12.1 Å². The van der Waals surface area contributed by atoms with Gasteiger partial charge in [-0.2, -0.15) is 0 Å². The Morgan fingerprint density at radius 1 is 1.37 bits per heavy atom. The third-order valence-electron chi connectivity index (χ3n) is 3.73. The number of nitro groups is 1. The molecule has 0 amide bonds. The van der Waals surface area contributed by atoms with Crippen molar-refractivity contribution in [3.63, 3.8) is 0 Å². The Kier molecular flexibility index (Phi) is 2.74. The predicted octanol–water partition coefficient (Wildman–Crippen LogP) is 1.61. The standard InChI is InChI=1S/C13H14N2O4/c1-8-4-12(13(16)19-8)14-6-9-2-3-11(15(17)18)5-10(9)7-14/h2-3,5,8,12H,4,6-7H2,1H3/t8-,12+/m0/s1. The molecular weight excluding hydrogens is 248 g/mol. The predicted molar refractivity (Wildman–Crippen MR) is 66.3 cm³/mol. The SMILES string of the molecule is C[C@H]1C[C@@H](N2Cc3ccc([N+](=O)[O-])cc3C2)C(=O)O1. The second kappa shape index (κ2) is 4.31. The molecule has 100 valence electrons. The molecule has 0 aromatic heterocycles. The van der Waals surface area contributed by atoms with Crippen LogP contribution in [0.3, 0.4) is 0 Å². The zero-order valence-electron chi connectivity index (χ0n) is 10.5. The number of benzene rings is 1. The summed E-state index contributed by atoms with van der Waals surface area (Å²) in [5.74, 6) is -0.185. The van der Waals surface area contributed by atoms with Gasteiger partial charge in [0, 0.05) is 31.6 Å². The van der Waals surface area contributed by atoms with Gasteiger partial charge in [0.1, 0.15) is 12.1 Å². The molecule has 19 heavy (non-hydrogen) atoms. The van der Waals surface area contributed by atoms with Crippen molar-refractivity contribution in [3.05, 3.63) is 39.4 Å². The fourth-order valence-corrected chi connectivity index (χ4v) is 2.77. The largest absolute Gasteiger partial charge is 0.461 e. The van der Waals surface area contributed by atoms with E-state index < -0.39 is 4.92 Å². The van der Waals surface area contributed by atoms with Crippen LogP contribution in [0.5, 0.6) is 0 Å². The first-order chi connectivity index (χ1) is 9.04. The summed E-state index contributed by atoms with van der Waals surface area (Å²) in [6, 6.07) is 4.66. The second-order valence-electron chi connectivity index (χ2n) is 5.11. The summed E-state index contributed by atoms with van der Waals surface area (Å²) < 4.78 is 5.16. The van der Waals surface area contributed by atoms with E-state index in [-0.39, 0.29) is 23.8 Å². The lowest BCUT2D eigenvalue weighted by atomic mass is 10.1. The molecule has 1 saturated heterocycles. The van der Waals surface area contributed by atoms with Crippen molar-refractivity contribution in [3.8, 4) is 0 Å². The molecule has 2 atom stereocenters. The third kappa shape index (κ3) is 2.08. The van der Waals surface area contributed by atoms with E-state index in [9.17, 15) is 14.9 Å². The fraction of sp³-hybridized carbons (Fsp3) is 0.462. The first kappa shape index (κ1) is 12.1. The molecule has 0 saturated carbocycles. The Bertz CT molecular complexity index is 558. The van der Waals surface area contributed by atoms with E-state index in [4.69, 9.17) is 4.74 Å². The molecule has 1 aromatic carbocycles. The van der Waals surface area contributed by atoms with E-state index in [0.717, 1.165) is 11.1 Å². The summed E-state index contributed by atoms with van der Waals surface area (Å²) >= 11 is 0. The molecular formula is C13H14N2O4. The number of rotatable bonds is 2.